The molecule has 0 aliphatic carbocycles. The van der Waals surface area contributed by atoms with Gasteiger partial charge < -0.3 is 19.4 Å². The van der Waals surface area contributed by atoms with Gasteiger partial charge in [-0.25, -0.2) is 13.2 Å². The van der Waals surface area contributed by atoms with Crippen LogP contribution in [0, 0.1) is 0 Å². The lowest BCUT2D eigenvalue weighted by Crippen LogP contribution is -2.30. The number of aryl methyl sites for hydroxylation is 1. The summed E-state index contributed by atoms with van der Waals surface area (Å²) < 4.78 is 38.0. The number of aromatic nitrogens is 1. The molecule has 0 unspecified atom stereocenters. The lowest BCUT2D eigenvalue weighted by molar-refractivity contribution is 0.0601. The zero-order valence-corrected chi connectivity index (χ0v) is 17.9. The highest BCUT2D eigenvalue weighted by Gasteiger charge is 2.26. The minimum absolute atomic E-state index is 0.0248. The van der Waals surface area contributed by atoms with Crippen LogP contribution >= 0.6 is 0 Å². The van der Waals surface area contributed by atoms with Crippen LogP contribution in [-0.2, 0) is 21.8 Å². The number of anilines is 1. The van der Waals surface area contributed by atoms with Crippen molar-refractivity contribution in [2.45, 2.75) is 18.7 Å². The molecule has 1 heterocycles. The summed E-state index contributed by atoms with van der Waals surface area (Å²) in [5, 5.41) is 2.63. The number of rotatable bonds is 8. The zero-order chi connectivity index (χ0) is 21.8. The highest BCUT2D eigenvalue weighted by Crippen LogP contribution is 2.24. The van der Waals surface area contributed by atoms with Gasteiger partial charge in [0.1, 0.15) is 16.3 Å². The predicted octanol–water partition coefficient (Wildman–Crippen LogP) is 2.10. The molecule has 0 saturated heterocycles. The predicted molar refractivity (Wildman–Crippen MR) is 108 cm³/mol. The molecule has 1 amide bonds. The number of carbonyl (C=O) groups is 2. The third-order valence-electron chi connectivity index (χ3n) is 4.44. The highest BCUT2D eigenvalue weighted by molar-refractivity contribution is 7.89. The van der Waals surface area contributed by atoms with Gasteiger partial charge in [0, 0.05) is 26.3 Å². The minimum atomic E-state index is -3.70. The van der Waals surface area contributed by atoms with Crippen LogP contribution in [0.5, 0.6) is 5.75 Å². The lowest BCUT2D eigenvalue weighted by atomic mass is 10.1. The maximum absolute atomic E-state index is 12.8. The summed E-state index contributed by atoms with van der Waals surface area (Å²) in [5.41, 5.74) is 0.463. The Hall–Kier alpha value is -2.85. The van der Waals surface area contributed by atoms with Gasteiger partial charge in [0.25, 0.3) is 5.91 Å². The summed E-state index contributed by atoms with van der Waals surface area (Å²) in [5.74, 6) is -0.783. The Morgan fingerprint density at radius 3 is 2.34 bits per heavy atom. The standard InChI is InChI=1S/C19H25N3O6S/c1-6-22(7-2)29(25,26)14-11-17(21(3)12-14)18(23)20-16-9-8-13(27-4)10-15(16)19(24)28-5/h8-12H,6-7H2,1-5H3,(H,20,23). The molecule has 2 aromatic rings. The summed E-state index contributed by atoms with van der Waals surface area (Å²) in [7, 11) is 0.559. The Balaban J connectivity index is 2.38. The summed E-state index contributed by atoms with van der Waals surface area (Å²) in [6.45, 7) is 4.14. The first kappa shape index (κ1) is 22.4. The Bertz CT molecular complexity index is 1010. The monoisotopic (exact) mass is 423 g/mol. The number of hydrogen-bond donors (Lipinski definition) is 1. The van der Waals surface area contributed by atoms with Crippen LogP contribution < -0.4 is 10.1 Å². The average molecular weight is 423 g/mol. The Morgan fingerprint density at radius 2 is 1.79 bits per heavy atom. The van der Waals surface area contributed by atoms with E-state index in [2.05, 4.69) is 5.32 Å². The van der Waals surface area contributed by atoms with Gasteiger partial charge in [0.2, 0.25) is 10.0 Å². The fourth-order valence-corrected chi connectivity index (χ4v) is 4.37. The molecule has 0 spiro atoms. The van der Waals surface area contributed by atoms with Crippen molar-refractivity contribution in [1.82, 2.24) is 8.87 Å². The number of esters is 1. The molecule has 29 heavy (non-hydrogen) atoms. The lowest BCUT2D eigenvalue weighted by Gasteiger charge is -2.17. The molecule has 0 atom stereocenters. The Labute approximate surface area is 170 Å². The molecule has 10 heteroatoms. The molecule has 0 radical (unpaired) electrons. The normalized spacial score (nSPS) is 11.4. The summed E-state index contributed by atoms with van der Waals surface area (Å²) in [6.07, 6.45) is 1.39. The molecule has 0 saturated carbocycles. The van der Waals surface area contributed by atoms with E-state index in [1.807, 2.05) is 0 Å². The van der Waals surface area contributed by atoms with E-state index in [4.69, 9.17) is 9.47 Å². The first-order chi connectivity index (χ1) is 13.7. The van der Waals surface area contributed by atoms with Crippen LogP contribution in [0.2, 0.25) is 0 Å². The maximum Gasteiger partial charge on any atom is 0.340 e. The summed E-state index contributed by atoms with van der Waals surface area (Å²) >= 11 is 0. The largest absolute Gasteiger partial charge is 0.497 e. The van der Waals surface area contributed by atoms with Crippen molar-refractivity contribution in [3.05, 3.63) is 41.7 Å². The molecule has 0 bridgehead atoms. The Morgan fingerprint density at radius 1 is 1.14 bits per heavy atom. The van der Waals surface area contributed by atoms with Crippen LogP contribution in [0.15, 0.2) is 35.4 Å². The van der Waals surface area contributed by atoms with Gasteiger partial charge in [0.15, 0.2) is 0 Å². The Kier molecular flexibility index (Phi) is 7.04. The molecule has 158 valence electrons. The summed E-state index contributed by atoms with van der Waals surface area (Å²) in [4.78, 5) is 24.8. The van der Waals surface area contributed by atoms with Crippen molar-refractivity contribution >= 4 is 27.6 Å². The first-order valence-electron chi connectivity index (χ1n) is 8.93. The van der Waals surface area contributed by atoms with Crippen LogP contribution in [0.3, 0.4) is 0 Å². The first-order valence-corrected chi connectivity index (χ1v) is 10.4. The molecule has 9 nitrogen and oxygen atoms in total. The van der Waals surface area contributed by atoms with Gasteiger partial charge in [-0.15, -0.1) is 0 Å². The van der Waals surface area contributed by atoms with Gasteiger partial charge >= 0.3 is 5.97 Å². The fraction of sp³-hybridized carbons (Fsp3) is 0.368. The SMILES string of the molecule is CCN(CC)S(=O)(=O)c1cc(C(=O)Nc2ccc(OC)cc2C(=O)OC)n(C)c1. The second-order valence-electron chi connectivity index (χ2n) is 6.12. The zero-order valence-electron chi connectivity index (χ0n) is 17.1. The van der Waals surface area contributed by atoms with Crippen LogP contribution in [0.25, 0.3) is 0 Å². The second kappa shape index (κ2) is 9.10. The van der Waals surface area contributed by atoms with E-state index < -0.39 is 21.9 Å². The van der Waals surface area contributed by atoms with Gasteiger partial charge in [-0.1, -0.05) is 13.8 Å². The van der Waals surface area contributed by atoms with E-state index in [1.54, 1.807) is 27.0 Å². The van der Waals surface area contributed by atoms with Crippen molar-refractivity contribution < 1.29 is 27.5 Å². The maximum atomic E-state index is 12.8. The number of nitrogens with zero attached hydrogens (tertiary/aromatic N) is 2. The number of amides is 1. The van der Waals surface area contributed by atoms with Crippen molar-refractivity contribution in [2.75, 3.05) is 32.6 Å². The van der Waals surface area contributed by atoms with Crippen molar-refractivity contribution in [3.63, 3.8) is 0 Å². The van der Waals surface area contributed by atoms with E-state index in [-0.39, 0.29) is 21.8 Å². The molecule has 1 N–H and O–H groups in total. The number of sulfonamides is 1. The smallest absolute Gasteiger partial charge is 0.340 e. The molecule has 0 fully saturated rings. The van der Waals surface area contributed by atoms with Gasteiger partial charge in [0.05, 0.1) is 25.5 Å². The average Bonchev–Trinajstić information content (AvgIpc) is 3.11. The quantitative estimate of drug-likeness (QED) is 0.652. The number of methoxy groups -OCH3 is 2. The molecule has 1 aromatic heterocycles. The van der Waals surface area contributed by atoms with Gasteiger partial charge in [-0.05, 0) is 24.3 Å². The summed E-state index contributed by atoms with van der Waals surface area (Å²) in [6, 6.07) is 5.86. The van der Waals surface area contributed by atoms with Gasteiger partial charge in [-0.3, -0.25) is 4.79 Å². The minimum Gasteiger partial charge on any atom is -0.497 e. The van der Waals surface area contributed by atoms with E-state index in [1.165, 1.54) is 47.5 Å². The molecule has 0 aliphatic heterocycles. The van der Waals surface area contributed by atoms with E-state index >= 15 is 0 Å². The third kappa shape index (κ3) is 4.60. The molecular formula is C19H25N3O6S. The number of carbonyl (C=O) groups excluding carboxylic acids is 2. The third-order valence-corrected chi connectivity index (χ3v) is 6.45. The topological polar surface area (TPSA) is 107 Å². The van der Waals surface area contributed by atoms with Crippen LogP contribution in [-0.4, -0.2) is 56.5 Å². The fourth-order valence-electron chi connectivity index (χ4n) is 2.84. The molecule has 2 rings (SSSR count). The number of nitrogens with one attached hydrogen (secondary N) is 1. The molecule has 0 aliphatic rings. The number of hydrogen-bond acceptors (Lipinski definition) is 6. The van der Waals surface area contributed by atoms with E-state index in [0.29, 0.717) is 18.8 Å². The number of ether oxygens (including phenoxy) is 2. The second-order valence-corrected chi connectivity index (χ2v) is 8.06. The van der Waals surface area contributed by atoms with Crippen LogP contribution in [0.4, 0.5) is 5.69 Å². The van der Waals surface area contributed by atoms with Crippen LogP contribution in [0.1, 0.15) is 34.7 Å². The molecule has 1 aromatic carbocycles. The molecular weight excluding hydrogens is 398 g/mol. The highest BCUT2D eigenvalue weighted by atomic mass is 32.2. The van der Waals surface area contributed by atoms with Crippen molar-refractivity contribution in [3.8, 4) is 5.75 Å². The van der Waals surface area contributed by atoms with Crippen molar-refractivity contribution in [2.24, 2.45) is 7.05 Å². The van der Waals surface area contributed by atoms with Gasteiger partial charge in [-0.2, -0.15) is 4.31 Å². The van der Waals surface area contributed by atoms with E-state index in [0.717, 1.165) is 0 Å². The number of benzene rings is 1. The van der Waals surface area contributed by atoms with Crippen molar-refractivity contribution in [1.29, 1.82) is 0 Å². The van der Waals surface area contributed by atoms with E-state index in [9.17, 15) is 18.0 Å².